The number of pyridine rings is 1. The minimum atomic E-state index is 0.233. The van der Waals surface area contributed by atoms with Crippen molar-refractivity contribution in [1.82, 2.24) is 0 Å². The Morgan fingerprint density at radius 2 is 2.15 bits per heavy atom. The van der Waals surface area contributed by atoms with Crippen molar-refractivity contribution in [3.8, 4) is 0 Å². The Morgan fingerprint density at radius 1 is 1.38 bits per heavy atom. The maximum Gasteiger partial charge on any atom is 0.186 e. The van der Waals surface area contributed by atoms with E-state index in [1.807, 2.05) is 0 Å². The molecule has 2 heteroatoms. The molecule has 1 N–H and O–H groups in total. The van der Waals surface area contributed by atoms with E-state index in [0.29, 0.717) is 0 Å². The topological polar surface area (TPSA) is 24.1 Å². The molecule has 0 atom stereocenters. The summed E-state index contributed by atoms with van der Waals surface area (Å²) in [4.78, 5) is 0. The number of aryl methyl sites for hydroxylation is 2. The van der Waals surface area contributed by atoms with Gasteiger partial charge in [-0.05, 0) is 19.4 Å². The molecule has 0 aliphatic carbocycles. The van der Waals surface area contributed by atoms with E-state index in [2.05, 4.69) is 36.7 Å². The van der Waals surface area contributed by atoms with E-state index in [4.69, 9.17) is 5.11 Å². The number of aliphatic hydroxyl groups is 1. The lowest BCUT2D eigenvalue weighted by Gasteiger charge is -2.04. The first-order valence-electron chi connectivity index (χ1n) is 4.94. The Bertz CT molecular complexity index is 249. The molecule has 2 nitrogen and oxygen atoms in total. The third-order valence-corrected chi connectivity index (χ3v) is 2.35. The highest BCUT2D eigenvalue weighted by atomic mass is 16.3. The molecule has 0 unspecified atom stereocenters. The van der Waals surface area contributed by atoms with E-state index < -0.39 is 0 Å². The molecule has 0 amide bonds. The first-order valence-corrected chi connectivity index (χ1v) is 4.94. The summed E-state index contributed by atoms with van der Waals surface area (Å²) in [5.74, 6) is 0. The zero-order chi connectivity index (χ0) is 9.68. The molecule has 1 heterocycles. The highest BCUT2D eigenvalue weighted by molar-refractivity contribution is 5.15. The van der Waals surface area contributed by atoms with Gasteiger partial charge in [0.1, 0.15) is 6.54 Å². The van der Waals surface area contributed by atoms with Crippen molar-refractivity contribution < 1.29 is 9.67 Å². The standard InChI is InChI=1S/C11H18NO/c1-3-10-6-5-8-12(4-2)11(10)7-9-13/h5-6,8,13H,3-4,7,9H2,1-2H3/q+1. The lowest BCUT2D eigenvalue weighted by molar-refractivity contribution is -0.701. The zero-order valence-electron chi connectivity index (χ0n) is 8.45. The molecule has 1 rings (SSSR count). The number of rotatable bonds is 4. The molecule has 0 aliphatic heterocycles. The zero-order valence-corrected chi connectivity index (χ0v) is 8.45. The van der Waals surface area contributed by atoms with Crippen molar-refractivity contribution in [2.75, 3.05) is 6.61 Å². The summed E-state index contributed by atoms with van der Waals surface area (Å²) in [6.07, 6.45) is 3.87. The van der Waals surface area contributed by atoms with E-state index >= 15 is 0 Å². The first-order chi connectivity index (χ1) is 6.33. The van der Waals surface area contributed by atoms with E-state index in [1.165, 1.54) is 11.3 Å². The van der Waals surface area contributed by atoms with Crippen molar-refractivity contribution in [1.29, 1.82) is 0 Å². The van der Waals surface area contributed by atoms with Crippen LogP contribution in [-0.2, 0) is 19.4 Å². The lowest BCUT2D eigenvalue weighted by Crippen LogP contribution is -2.38. The van der Waals surface area contributed by atoms with Crippen molar-refractivity contribution in [2.24, 2.45) is 0 Å². The third-order valence-electron chi connectivity index (χ3n) is 2.35. The molecule has 72 valence electrons. The summed E-state index contributed by atoms with van der Waals surface area (Å²) >= 11 is 0. The van der Waals surface area contributed by atoms with Gasteiger partial charge in [-0.1, -0.05) is 6.92 Å². The highest BCUT2D eigenvalue weighted by Crippen LogP contribution is 2.05. The van der Waals surface area contributed by atoms with Crippen LogP contribution in [-0.4, -0.2) is 11.7 Å². The number of hydrogen-bond donors (Lipinski definition) is 1. The average Bonchev–Trinajstić information content (AvgIpc) is 2.18. The van der Waals surface area contributed by atoms with Crippen molar-refractivity contribution >= 4 is 0 Å². The molecule has 0 radical (unpaired) electrons. The quantitative estimate of drug-likeness (QED) is 0.689. The Kier molecular flexibility index (Phi) is 3.90. The van der Waals surface area contributed by atoms with Crippen LogP contribution in [0, 0.1) is 0 Å². The van der Waals surface area contributed by atoms with Crippen LogP contribution in [0.2, 0.25) is 0 Å². The maximum atomic E-state index is 8.95. The van der Waals surface area contributed by atoms with E-state index in [-0.39, 0.29) is 6.61 Å². The second kappa shape index (κ2) is 4.97. The van der Waals surface area contributed by atoms with Crippen molar-refractivity contribution in [3.05, 3.63) is 29.6 Å². The van der Waals surface area contributed by atoms with Gasteiger partial charge in [0.25, 0.3) is 0 Å². The molecule has 13 heavy (non-hydrogen) atoms. The summed E-state index contributed by atoms with van der Waals surface area (Å²) in [5.41, 5.74) is 2.62. The molecule has 0 saturated heterocycles. The Balaban J connectivity index is 3.05. The fourth-order valence-corrected chi connectivity index (χ4v) is 1.66. The lowest BCUT2D eigenvalue weighted by atomic mass is 10.1. The molecule has 1 aromatic heterocycles. The van der Waals surface area contributed by atoms with Crippen molar-refractivity contribution in [2.45, 2.75) is 33.2 Å². The molecule has 0 bridgehead atoms. The second-order valence-electron chi connectivity index (χ2n) is 3.09. The van der Waals surface area contributed by atoms with Crippen LogP contribution in [0.15, 0.2) is 18.3 Å². The number of nitrogens with zero attached hydrogens (tertiary/aromatic N) is 1. The minimum Gasteiger partial charge on any atom is -0.396 e. The fraction of sp³-hybridized carbons (Fsp3) is 0.545. The normalized spacial score (nSPS) is 10.4. The predicted octanol–water partition coefficient (Wildman–Crippen LogP) is 1.09. The van der Waals surface area contributed by atoms with Gasteiger partial charge < -0.3 is 5.11 Å². The largest absolute Gasteiger partial charge is 0.396 e. The van der Waals surface area contributed by atoms with Gasteiger partial charge in [0, 0.05) is 11.6 Å². The van der Waals surface area contributed by atoms with Crippen LogP contribution in [0.5, 0.6) is 0 Å². The van der Waals surface area contributed by atoms with E-state index in [0.717, 1.165) is 19.4 Å². The van der Waals surface area contributed by atoms with Gasteiger partial charge in [0.15, 0.2) is 11.9 Å². The minimum absolute atomic E-state index is 0.233. The van der Waals surface area contributed by atoms with Gasteiger partial charge in [-0.25, -0.2) is 4.57 Å². The first kappa shape index (κ1) is 10.2. The molecular weight excluding hydrogens is 162 g/mol. The van der Waals surface area contributed by atoms with E-state index in [9.17, 15) is 0 Å². The van der Waals surface area contributed by atoms with Crippen molar-refractivity contribution in [3.63, 3.8) is 0 Å². The molecular formula is C11H18NO+. The maximum absolute atomic E-state index is 8.95. The van der Waals surface area contributed by atoms with Crippen LogP contribution in [0.1, 0.15) is 25.1 Å². The molecule has 0 aromatic carbocycles. The van der Waals surface area contributed by atoms with Crippen LogP contribution >= 0.6 is 0 Å². The number of aliphatic hydroxyl groups excluding tert-OH is 1. The number of hydrogen-bond acceptors (Lipinski definition) is 1. The van der Waals surface area contributed by atoms with Gasteiger partial charge >= 0.3 is 0 Å². The van der Waals surface area contributed by atoms with Crippen LogP contribution in [0.25, 0.3) is 0 Å². The SMILES string of the molecule is CCc1ccc[n+](CC)c1CCO. The monoisotopic (exact) mass is 180 g/mol. The molecule has 0 saturated carbocycles. The van der Waals surface area contributed by atoms with Crippen LogP contribution in [0.3, 0.4) is 0 Å². The summed E-state index contributed by atoms with van der Waals surface area (Å²) < 4.78 is 2.20. The van der Waals surface area contributed by atoms with Gasteiger partial charge in [0.05, 0.1) is 13.0 Å². The predicted molar refractivity (Wildman–Crippen MR) is 52.5 cm³/mol. The molecule has 0 aliphatic rings. The summed E-state index contributed by atoms with van der Waals surface area (Å²) in [6, 6.07) is 4.21. The molecule has 1 aromatic rings. The smallest absolute Gasteiger partial charge is 0.186 e. The summed E-state index contributed by atoms with van der Waals surface area (Å²) in [6.45, 7) is 5.48. The summed E-state index contributed by atoms with van der Waals surface area (Å²) in [5, 5.41) is 8.95. The van der Waals surface area contributed by atoms with Crippen LogP contribution < -0.4 is 4.57 Å². The Labute approximate surface area is 79.8 Å². The molecule has 0 spiro atoms. The second-order valence-corrected chi connectivity index (χ2v) is 3.09. The Hall–Kier alpha value is -0.890. The third kappa shape index (κ3) is 2.28. The van der Waals surface area contributed by atoms with Gasteiger partial charge in [0.2, 0.25) is 0 Å². The van der Waals surface area contributed by atoms with Gasteiger partial charge in [-0.2, -0.15) is 0 Å². The highest BCUT2D eigenvalue weighted by Gasteiger charge is 2.11. The van der Waals surface area contributed by atoms with Gasteiger partial charge in [-0.3, -0.25) is 0 Å². The average molecular weight is 180 g/mol. The molecule has 0 fully saturated rings. The summed E-state index contributed by atoms with van der Waals surface area (Å²) in [7, 11) is 0. The fourth-order valence-electron chi connectivity index (χ4n) is 1.66. The van der Waals surface area contributed by atoms with E-state index in [1.54, 1.807) is 0 Å². The number of aromatic nitrogens is 1. The van der Waals surface area contributed by atoms with Gasteiger partial charge in [-0.15, -0.1) is 0 Å². The Morgan fingerprint density at radius 3 is 2.69 bits per heavy atom. The van der Waals surface area contributed by atoms with Crippen LogP contribution in [0.4, 0.5) is 0 Å².